The summed E-state index contributed by atoms with van der Waals surface area (Å²) < 4.78 is 45.6. The average molecular weight is 552 g/mol. The molecule has 212 valence electrons. The molecule has 0 saturated carbocycles. The molecule has 4 heterocycles. The molecule has 0 unspecified atom stereocenters. The van der Waals surface area contributed by atoms with Crippen molar-refractivity contribution in [2.45, 2.75) is 43.9 Å². The lowest BCUT2D eigenvalue weighted by Gasteiger charge is -2.37. The van der Waals surface area contributed by atoms with E-state index in [0.29, 0.717) is 57.0 Å². The number of rotatable bonds is 5. The van der Waals surface area contributed by atoms with Crippen LogP contribution in [0.15, 0.2) is 29.3 Å². The lowest BCUT2D eigenvalue weighted by molar-refractivity contribution is -0.138. The molecule has 0 bridgehead atoms. The van der Waals surface area contributed by atoms with Crippen molar-refractivity contribution in [3.05, 3.63) is 46.0 Å². The Bertz CT molecular complexity index is 1270. The molecule has 3 amide bonds. The summed E-state index contributed by atoms with van der Waals surface area (Å²) in [5, 5.41) is 5.31. The van der Waals surface area contributed by atoms with Gasteiger partial charge in [-0.05, 0) is 37.8 Å². The van der Waals surface area contributed by atoms with Gasteiger partial charge in [-0.15, -0.1) is 0 Å². The van der Waals surface area contributed by atoms with Gasteiger partial charge in [-0.25, -0.2) is 9.78 Å². The minimum absolute atomic E-state index is 0.0166. The van der Waals surface area contributed by atoms with Crippen LogP contribution in [0, 0.1) is 0 Å². The number of nitrogen functional groups attached to an aromatic ring is 1. The molecule has 2 aromatic rings. The summed E-state index contributed by atoms with van der Waals surface area (Å²) in [5.74, 6) is -0.156. The number of carbonyl (C=O) groups is 2. The molecule has 0 spiro atoms. The standard InChI is InChI=1S/C25H32F3N7O4/c1-33-14-15(25(26,27)28)11-20(23(33)37)32-24(38)34(2)17-3-7-35(8-4-17)18-12-19(21(29)30-13-18)22(36)31-16-5-9-39-10-6-16/h11-14,16-17H,3-10H2,1-2H3,(H2,29,30)(H,31,36)(H,32,38). The number of piperidine rings is 1. The maximum absolute atomic E-state index is 13.2. The second-order valence-corrected chi connectivity index (χ2v) is 9.80. The summed E-state index contributed by atoms with van der Waals surface area (Å²) in [6, 6.07) is 1.47. The van der Waals surface area contributed by atoms with Crippen LogP contribution in [0.4, 0.5) is 35.2 Å². The van der Waals surface area contributed by atoms with Gasteiger partial charge in [0.1, 0.15) is 11.5 Å². The first-order valence-electron chi connectivity index (χ1n) is 12.6. The van der Waals surface area contributed by atoms with E-state index in [1.165, 1.54) is 19.0 Å². The van der Waals surface area contributed by atoms with Crippen LogP contribution in [0.25, 0.3) is 0 Å². The monoisotopic (exact) mass is 551 g/mol. The Morgan fingerprint density at radius 1 is 1.15 bits per heavy atom. The smallest absolute Gasteiger partial charge is 0.383 e. The minimum atomic E-state index is -4.66. The van der Waals surface area contributed by atoms with Crippen molar-refractivity contribution in [2.24, 2.45) is 7.05 Å². The Kier molecular flexibility index (Phi) is 8.33. The number of nitrogens with one attached hydrogen (secondary N) is 2. The van der Waals surface area contributed by atoms with E-state index in [-0.39, 0.29) is 23.8 Å². The van der Waals surface area contributed by atoms with Gasteiger partial charge in [0.05, 0.1) is 23.0 Å². The number of urea groups is 1. The Morgan fingerprint density at radius 3 is 2.46 bits per heavy atom. The molecule has 2 fully saturated rings. The number of anilines is 3. The van der Waals surface area contributed by atoms with Crippen molar-refractivity contribution in [1.29, 1.82) is 0 Å². The summed E-state index contributed by atoms with van der Waals surface area (Å²) in [6.45, 7) is 2.27. The van der Waals surface area contributed by atoms with Crippen LogP contribution < -0.4 is 26.8 Å². The second kappa shape index (κ2) is 11.5. The maximum Gasteiger partial charge on any atom is 0.417 e. The number of aromatic nitrogens is 2. The Morgan fingerprint density at radius 2 is 1.82 bits per heavy atom. The van der Waals surface area contributed by atoms with Crippen LogP contribution in [0.3, 0.4) is 0 Å². The van der Waals surface area contributed by atoms with Crippen molar-refractivity contribution >= 4 is 29.1 Å². The molecule has 0 atom stereocenters. The van der Waals surface area contributed by atoms with Crippen molar-refractivity contribution in [2.75, 3.05) is 49.3 Å². The number of hydrogen-bond acceptors (Lipinski definition) is 7. The van der Waals surface area contributed by atoms with Crippen LogP contribution in [-0.4, -0.2) is 71.8 Å². The van der Waals surface area contributed by atoms with E-state index in [1.54, 1.807) is 12.3 Å². The van der Waals surface area contributed by atoms with E-state index in [2.05, 4.69) is 15.6 Å². The summed E-state index contributed by atoms with van der Waals surface area (Å²) >= 11 is 0. The Hall–Kier alpha value is -3.81. The van der Waals surface area contributed by atoms with Crippen LogP contribution in [0.1, 0.15) is 41.6 Å². The Balaban J connectivity index is 1.37. The first-order chi connectivity index (χ1) is 18.4. The molecule has 14 heteroatoms. The third-order valence-corrected chi connectivity index (χ3v) is 7.16. The summed E-state index contributed by atoms with van der Waals surface area (Å²) in [7, 11) is 2.73. The van der Waals surface area contributed by atoms with Crippen LogP contribution in [0.2, 0.25) is 0 Å². The van der Waals surface area contributed by atoms with Crippen LogP contribution in [-0.2, 0) is 18.0 Å². The van der Waals surface area contributed by atoms with Crippen molar-refractivity contribution in [3.8, 4) is 0 Å². The number of nitrogens with two attached hydrogens (primary N) is 1. The second-order valence-electron chi connectivity index (χ2n) is 9.80. The van der Waals surface area contributed by atoms with Gasteiger partial charge in [0.15, 0.2) is 0 Å². The van der Waals surface area contributed by atoms with Gasteiger partial charge in [-0.2, -0.15) is 13.2 Å². The number of nitrogens with zero attached hydrogens (tertiary/aromatic N) is 4. The number of amides is 3. The number of carbonyl (C=O) groups excluding carboxylic acids is 2. The zero-order valence-electron chi connectivity index (χ0n) is 21.8. The molecule has 4 N–H and O–H groups in total. The highest BCUT2D eigenvalue weighted by Gasteiger charge is 2.33. The minimum Gasteiger partial charge on any atom is -0.383 e. The predicted molar refractivity (Wildman–Crippen MR) is 139 cm³/mol. The molecule has 0 radical (unpaired) electrons. The number of pyridine rings is 2. The highest BCUT2D eigenvalue weighted by atomic mass is 19.4. The fourth-order valence-electron chi connectivity index (χ4n) is 4.76. The SMILES string of the molecule is CN(C(=O)Nc1cc(C(F)(F)F)cn(C)c1=O)C1CCN(c2cnc(N)c(C(=O)NC3CCOCC3)c2)CC1. The highest BCUT2D eigenvalue weighted by molar-refractivity contribution is 5.99. The summed E-state index contributed by atoms with van der Waals surface area (Å²) in [4.78, 5) is 45.6. The van der Waals surface area contributed by atoms with E-state index in [0.717, 1.165) is 23.1 Å². The van der Waals surface area contributed by atoms with Gasteiger partial charge in [0, 0.05) is 58.7 Å². The van der Waals surface area contributed by atoms with Gasteiger partial charge in [0.2, 0.25) is 0 Å². The topological polar surface area (TPSA) is 135 Å². The first-order valence-corrected chi connectivity index (χ1v) is 12.6. The van der Waals surface area contributed by atoms with Crippen molar-refractivity contribution < 1.29 is 27.5 Å². The summed E-state index contributed by atoms with van der Waals surface area (Å²) in [5.41, 5.74) is 4.78. The molecule has 11 nitrogen and oxygen atoms in total. The number of ether oxygens (including phenoxy) is 1. The fraction of sp³-hybridized carbons (Fsp3) is 0.520. The number of halogens is 3. The lowest BCUT2D eigenvalue weighted by Crippen LogP contribution is -2.47. The highest BCUT2D eigenvalue weighted by Crippen LogP contribution is 2.30. The normalized spacial score (nSPS) is 17.1. The van der Waals surface area contributed by atoms with Gasteiger partial charge in [-0.3, -0.25) is 9.59 Å². The quantitative estimate of drug-likeness (QED) is 0.520. The third-order valence-electron chi connectivity index (χ3n) is 7.16. The number of aryl methyl sites for hydroxylation is 1. The average Bonchev–Trinajstić information content (AvgIpc) is 2.91. The fourth-order valence-corrected chi connectivity index (χ4v) is 4.76. The number of hydrogen-bond donors (Lipinski definition) is 3. The van der Waals surface area contributed by atoms with Gasteiger partial charge < -0.3 is 35.5 Å². The molecule has 0 aromatic carbocycles. The van der Waals surface area contributed by atoms with Crippen molar-refractivity contribution in [1.82, 2.24) is 19.8 Å². The predicted octanol–water partition coefficient (Wildman–Crippen LogP) is 2.42. The maximum atomic E-state index is 13.2. The first kappa shape index (κ1) is 28.2. The molecule has 2 aliphatic rings. The summed E-state index contributed by atoms with van der Waals surface area (Å²) in [6.07, 6.45) is 0.193. The van der Waals surface area contributed by atoms with E-state index in [9.17, 15) is 27.6 Å². The van der Waals surface area contributed by atoms with Crippen LogP contribution >= 0.6 is 0 Å². The zero-order chi connectivity index (χ0) is 28.3. The van der Waals surface area contributed by atoms with E-state index in [1.807, 2.05) is 4.90 Å². The Labute approximate surface area is 223 Å². The van der Waals surface area contributed by atoms with Gasteiger partial charge in [0.25, 0.3) is 11.5 Å². The molecule has 4 rings (SSSR count). The van der Waals surface area contributed by atoms with Crippen LogP contribution in [0.5, 0.6) is 0 Å². The van der Waals surface area contributed by atoms with Gasteiger partial charge >= 0.3 is 12.2 Å². The largest absolute Gasteiger partial charge is 0.417 e. The molecular formula is C25H32F3N7O4. The van der Waals surface area contributed by atoms with E-state index in [4.69, 9.17) is 10.5 Å². The zero-order valence-corrected chi connectivity index (χ0v) is 21.8. The molecule has 2 aliphatic heterocycles. The lowest BCUT2D eigenvalue weighted by atomic mass is 10.0. The molecule has 2 aromatic heterocycles. The third kappa shape index (κ3) is 6.61. The number of alkyl halides is 3. The molecule has 39 heavy (non-hydrogen) atoms. The van der Waals surface area contributed by atoms with E-state index >= 15 is 0 Å². The van der Waals surface area contributed by atoms with E-state index < -0.39 is 29.0 Å². The molecule has 2 saturated heterocycles. The van der Waals surface area contributed by atoms with Crippen molar-refractivity contribution in [3.63, 3.8) is 0 Å². The molecular weight excluding hydrogens is 519 g/mol. The molecule has 0 aliphatic carbocycles. The van der Waals surface area contributed by atoms with Gasteiger partial charge in [-0.1, -0.05) is 0 Å².